The summed E-state index contributed by atoms with van der Waals surface area (Å²) >= 11 is 0. The van der Waals surface area contributed by atoms with Crippen LogP contribution < -0.4 is 9.47 Å². The van der Waals surface area contributed by atoms with Gasteiger partial charge in [-0.2, -0.15) is 26.7 Å². The standard InChI is InChI=1S/C8H6F5NO2/c9-7(10,8(11,12)13)5-16-6-1-3-14(15)4-2-6/h1-4H,5H2. The van der Waals surface area contributed by atoms with E-state index < -0.39 is 18.7 Å². The maximum atomic E-state index is 12.4. The number of pyridine rings is 1. The molecule has 1 aromatic rings. The van der Waals surface area contributed by atoms with Crippen LogP contribution in [0.25, 0.3) is 0 Å². The molecule has 0 N–H and O–H groups in total. The van der Waals surface area contributed by atoms with E-state index in [9.17, 15) is 27.2 Å². The van der Waals surface area contributed by atoms with Gasteiger partial charge >= 0.3 is 12.1 Å². The van der Waals surface area contributed by atoms with Crippen molar-refractivity contribution in [1.82, 2.24) is 0 Å². The Hall–Kier alpha value is -1.60. The number of rotatable bonds is 3. The van der Waals surface area contributed by atoms with Crippen LogP contribution in [-0.4, -0.2) is 18.7 Å². The van der Waals surface area contributed by atoms with Crippen molar-refractivity contribution >= 4 is 0 Å². The fraction of sp³-hybridized carbons (Fsp3) is 0.375. The Bertz CT molecular complexity index is 348. The minimum atomic E-state index is -5.65. The molecule has 0 aliphatic carbocycles. The first kappa shape index (κ1) is 12.5. The SMILES string of the molecule is [O-][n+]1ccc(OCC(F)(F)C(F)(F)F)cc1. The van der Waals surface area contributed by atoms with E-state index in [1.165, 1.54) is 0 Å². The molecule has 0 amide bonds. The van der Waals surface area contributed by atoms with Crippen molar-refractivity contribution in [1.29, 1.82) is 0 Å². The fourth-order valence-electron chi connectivity index (χ4n) is 0.751. The first-order valence-electron chi connectivity index (χ1n) is 3.98. The lowest BCUT2D eigenvalue weighted by molar-refractivity contribution is -0.605. The lowest BCUT2D eigenvalue weighted by Gasteiger charge is -2.19. The molecule has 1 heterocycles. The molecule has 0 atom stereocenters. The van der Waals surface area contributed by atoms with Crippen LogP contribution in [0.3, 0.4) is 0 Å². The highest BCUT2D eigenvalue weighted by Crippen LogP contribution is 2.35. The maximum Gasteiger partial charge on any atom is 0.456 e. The summed E-state index contributed by atoms with van der Waals surface area (Å²) in [6.07, 6.45) is -3.82. The molecule has 0 radical (unpaired) electrons. The monoisotopic (exact) mass is 243 g/mol. The molecule has 0 unspecified atom stereocenters. The van der Waals surface area contributed by atoms with Crippen LogP contribution in [0, 0.1) is 5.21 Å². The van der Waals surface area contributed by atoms with Gasteiger partial charge in [0.25, 0.3) is 0 Å². The molecule has 3 nitrogen and oxygen atoms in total. The van der Waals surface area contributed by atoms with Crippen molar-refractivity contribution in [2.75, 3.05) is 6.61 Å². The molecule has 0 aliphatic rings. The minimum Gasteiger partial charge on any atom is -0.619 e. The molecule has 90 valence electrons. The molecule has 8 heteroatoms. The highest BCUT2D eigenvalue weighted by Gasteiger charge is 2.58. The Morgan fingerprint density at radius 1 is 1.12 bits per heavy atom. The summed E-state index contributed by atoms with van der Waals surface area (Å²) in [5, 5.41) is 10.5. The predicted molar refractivity (Wildman–Crippen MR) is 41.9 cm³/mol. The second kappa shape index (κ2) is 4.11. The molecule has 1 aromatic heterocycles. The molecule has 0 saturated carbocycles. The van der Waals surface area contributed by atoms with Crippen LogP contribution in [0.15, 0.2) is 24.5 Å². The van der Waals surface area contributed by atoms with Gasteiger partial charge in [0, 0.05) is 12.1 Å². The zero-order chi connectivity index (χ0) is 12.4. The number of ether oxygens (including phenoxy) is 1. The highest BCUT2D eigenvalue weighted by molar-refractivity contribution is 5.15. The van der Waals surface area contributed by atoms with E-state index in [0.717, 1.165) is 24.5 Å². The molecule has 1 rings (SSSR count). The van der Waals surface area contributed by atoms with Crippen LogP contribution in [0.2, 0.25) is 0 Å². The zero-order valence-corrected chi connectivity index (χ0v) is 7.67. The van der Waals surface area contributed by atoms with Gasteiger partial charge < -0.3 is 9.94 Å². The summed E-state index contributed by atoms with van der Waals surface area (Å²) in [5.41, 5.74) is 0. The Morgan fingerprint density at radius 2 is 1.62 bits per heavy atom. The van der Waals surface area contributed by atoms with Crippen molar-refractivity contribution in [3.05, 3.63) is 29.7 Å². The smallest absolute Gasteiger partial charge is 0.456 e. The summed E-state index contributed by atoms with van der Waals surface area (Å²) < 4.78 is 64.5. The van der Waals surface area contributed by atoms with E-state index in [2.05, 4.69) is 4.74 Å². The Morgan fingerprint density at radius 3 is 2.06 bits per heavy atom. The topological polar surface area (TPSA) is 36.2 Å². The van der Waals surface area contributed by atoms with E-state index in [1.807, 2.05) is 0 Å². The molecule has 0 aliphatic heterocycles. The third-order valence-corrected chi connectivity index (χ3v) is 1.61. The quantitative estimate of drug-likeness (QED) is 0.461. The third-order valence-electron chi connectivity index (χ3n) is 1.61. The first-order chi connectivity index (χ1) is 7.22. The summed E-state index contributed by atoms with van der Waals surface area (Å²) in [6.45, 7) is -1.82. The molecule has 0 bridgehead atoms. The average molecular weight is 243 g/mol. The maximum absolute atomic E-state index is 12.4. The highest BCUT2D eigenvalue weighted by atomic mass is 19.4. The summed E-state index contributed by atoms with van der Waals surface area (Å²) in [5.74, 6) is -5.16. The average Bonchev–Trinajstić information content (AvgIpc) is 2.15. The summed E-state index contributed by atoms with van der Waals surface area (Å²) in [7, 11) is 0. The molecule has 0 saturated heterocycles. The normalized spacial score (nSPS) is 12.6. The fourth-order valence-corrected chi connectivity index (χ4v) is 0.751. The largest absolute Gasteiger partial charge is 0.619 e. The van der Waals surface area contributed by atoms with Crippen molar-refractivity contribution in [3.63, 3.8) is 0 Å². The van der Waals surface area contributed by atoms with E-state index in [4.69, 9.17) is 0 Å². The number of halogens is 5. The van der Waals surface area contributed by atoms with Gasteiger partial charge in [-0.1, -0.05) is 0 Å². The van der Waals surface area contributed by atoms with Crippen molar-refractivity contribution in [2.45, 2.75) is 12.1 Å². The molecular formula is C8H6F5NO2. The van der Waals surface area contributed by atoms with Crippen molar-refractivity contribution < 1.29 is 31.4 Å². The number of hydrogen-bond acceptors (Lipinski definition) is 2. The Labute approximate surface area is 86.6 Å². The molecule has 0 spiro atoms. The van der Waals surface area contributed by atoms with Gasteiger partial charge in [0.2, 0.25) is 0 Å². The molecule has 0 aromatic carbocycles. The lowest BCUT2D eigenvalue weighted by Crippen LogP contribution is -2.41. The predicted octanol–water partition coefficient (Wildman–Crippen LogP) is 1.90. The van der Waals surface area contributed by atoms with Gasteiger partial charge in [-0.3, -0.25) is 0 Å². The minimum absolute atomic E-state index is 0.240. The number of hydrogen-bond donors (Lipinski definition) is 0. The second-order valence-corrected chi connectivity index (χ2v) is 2.88. The van der Waals surface area contributed by atoms with Crippen LogP contribution in [-0.2, 0) is 0 Å². The van der Waals surface area contributed by atoms with Gasteiger partial charge in [0.1, 0.15) is 5.75 Å². The number of alkyl halides is 5. The summed E-state index contributed by atoms with van der Waals surface area (Å²) in [4.78, 5) is 0. The molecule has 16 heavy (non-hydrogen) atoms. The van der Waals surface area contributed by atoms with Crippen LogP contribution in [0.5, 0.6) is 5.75 Å². The number of aromatic nitrogens is 1. The number of nitrogens with zero attached hydrogens (tertiary/aromatic N) is 1. The van der Waals surface area contributed by atoms with E-state index in [-0.39, 0.29) is 5.75 Å². The Kier molecular flexibility index (Phi) is 3.20. The van der Waals surface area contributed by atoms with Gasteiger partial charge in [0.15, 0.2) is 19.0 Å². The Balaban J connectivity index is 2.61. The third kappa shape index (κ3) is 2.94. The zero-order valence-electron chi connectivity index (χ0n) is 7.67. The molecular weight excluding hydrogens is 237 g/mol. The van der Waals surface area contributed by atoms with Crippen LogP contribution in [0.4, 0.5) is 22.0 Å². The van der Waals surface area contributed by atoms with Gasteiger partial charge in [0.05, 0.1) is 0 Å². The lowest BCUT2D eigenvalue weighted by atomic mass is 10.3. The van der Waals surface area contributed by atoms with Gasteiger partial charge in [-0.15, -0.1) is 0 Å². The van der Waals surface area contributed by atoms with Gasteiger partial charge in [-0.05, 0) is 0 Å². The van der Waals surface area contributed by atoms with E-state index >= 15 is 0 Å². The van der Waals surface area contributed by atoms with Crippen molar-refractivity contribution in [3.8, 4) is 5.75 Å². The van der Waals surface area contributed by atoms with Gasteiger partial charge in [-0.25, -0.2) is 0 Å². The van der Waals surface area contributed by atoms with Crippen LogP contribution in [0.1, 0.15) is 0 Å². The van der Waals surface area contributed by atoms with Crippen LogP contribution >= 0.6 is 0 Å². The first-order valence-corrected chi connectivity index (χ1v) is 3.98. The van der Waals surface area contributed by atoms with Crippen molar-refractivity contribution in [2.24, 2.45) is 0 Å². The van der Waals surface area contributed by atoms with E-state index in [0.29, 0.717) is 4.73 Å². The summed E-state index contributed by atoms with van der Waals surface area (Å²) in [6, 6.07) is 1.97. The van der Waals surface area contributed by atoms with E-state index in [1.54, 1.807) is 0 Å². The molecule has 0 fully saturated rings. The second-order valence-electron chi connectivity index (χ2n) is 2.88.